The van der Waals surface area contributed by atoms with Crippen molar-refractivity contribution < 1.29 is 4.79 Å². The van der Waals surface area contributed by atoms with E-state index in [1.807, 2.05) is 0 Å². The van der Waals surface area contributed by atoms with Gasteiger partial charge in [-0.25, -0.2) is 0 Å². The van der Waals surface area contributed by atoms with Crippen molar-refractivity contribution in [3.8, 4) is 0 Å². The van der Waals surface area contributed by atoms with Crippen molar-refractivity contribution in [1.29, 1.82) is 0 Å². The molecule has 2 nitrogen and oxygen atoms in total. The number of Topliss-reactive ketones (excluding diaryl/α,β-unsaturated/α-hetero) is 1. The van der Waals surface area contributed by atoms with Crippen LogP contribution in [-0.2, 0) is 4.79 Å². The van der Waals surface area contributed by atoms with E-state index in [1.54, 1.807) is 6.08 Å². The summed E-state index contributed by atoms with van der Waals surface area (Å²) in [5.41, 5.74) is 5.66. The van der Waals surface area contributed by atoms with Gasteiger partial charge in [0, 0.05) is 6.42 Å². The van der Waals surface area contributed by atoms with Crippen LogP contribution in [0.1, 0.15) is 39.5 Å². The molecule has 0 bridgehead atoms. The first-order chi connectivity index (χ1) is 6.15. The van der Waals surface area contributed by atoms with Crippen molar-refractivity contribution >= 4 is 5.78 Å². The fourth-order valence-electron chi connectivity index (χ4n) is 1.32. The summed E-state index contributed by atoms with van der Waals surface area (Å²) in [5.74, 6) is 0.678. The Bertz CT molecular complexity index is 161. The van der Waals surface area contributed by atoms with Crippen LogP contribution in [0.2, 0.25) is 0 Å². The molecule has 0 aromatic carbocycles. The van der Waals surface area contributed by atoms with E-state index in [2.05, 4.69) is 20.4 Å². The van der Waals surface area contributed by atoms with E-state index in [0.29, 0.717) is 18.8 Å². The molecule has 0 rings (SSSR count). The summed E-state index contributed by atoms with van der Waals surface area (Å²) in [6, 6.07) is -0.335. The second kappa shape index (κ2) is 6.84. The first-order valence-electron chi connectivity index (χ1n) is 5.04. The Morgan fingerprint density at radius 3 is 2.38 bits per heavy atom. The van der Waals surface area contributed by atoms with Gasteiger partial charge >= 0.3 is 0 Å². The summed E-state index contributed by atoms with van der Waals surface area (Å²) in [4.78, 5) is 11.5. The largest absolute Gasteiger partial charge is 0.321 e. The number of hydrogen-bond donors (Lipinski definition) is 1. The molecule has 0 fully saturated rings. The molecule has 0 aromatic heterocycles. The van der Waals surface area contributed by atoms with Crippen LogP contribution in [0, 0.1) is 5.92 Å². The van der Waals surface area contributed by atoms with Crippen LogP contribution in [0.3, 0.4) is 0 Å². The molecule has 0 spiro atoms. The molecule has 76 valence electrons. The van der Waals surface area contributed by atoms with Gasteiger partial charge in [-0.2, -0.15) is 0 Å². The summed E-state index contributed by atoms with van der Waals surface area (Å²) in [6.45, 7) is 7.79. The Balaban J connectivity index is 3.89. The van der Waals surface area contributed by atoms with Gasteiger partial charge in [0.15, 0.2) is 0 Å². The van der Waals surface area contributed by atoms with Crippen LogP contribution >= 0.6 is 0 Å². The summed E-state index contributed by atoms with van der Waals surface area (Å²) in [6.07, 6.45) is 5.04. The minimum absolute atomic E-state index is 0.175. The van der Waals surface area contributed by atoms with Crippen molar-refractivity contribution in [3.05, 3.63) is 12.7 Å². The van der Waals surface area contributed by atoms with E-state index in [9.17, 15) is 4.79 Å². The molecule has 0 amide bonds. The predicted molar refractivity (Wildman–Crippen MR) is 56.5 cm³/mol. The quantitative estimate of drug-likeness (QED) is 0.615. The van der Waals surface area contributed by atoms with Gasteiger partial charge in [-0.15, -0.1) is 6.58 Å². The maximum Gasteiger partial charge on any atom is 0.150 e. The van der Waals surface area contributed by atoms with Crippen molar-refractivity contribution in [3.63, 3.8) is 0 Å². The third-order valence-electron chi connectivity index (χ3n) is 2.48. The zero-order valence-corrected chi connectivity index (χ0v) is 8.75. The first-order valence-corrected chi connectivity index (χ1v) is 5.04. The van der Waals surface area contributed by atoms with Crippen molar-refractivity contribution in [2.75, 3.05) is 0 Å². The van der Waals surface area contributed by atoms with Gasteiger partial charge in [0.1, 0.15) is 5.78 Å². The first kappa shape index (κ1) is 12.4. The molecule has 0 aliphatic rings. The van der Waals surface area contributed by atoms with Gasteiger partial charge in [0.2, 0.25) is 0 Å². The van der Waals surface area contributed by atoms with Crippen LogP contribution in [0.5, 0.6) is 0 Å². The molecule has 0 saturated carbocycles. The summed E-state index contributed by atoms with van der Waals surface area (Å²) in [7, 11) is 0. The third kappa shape index (κ3) is 4.83. The molecule has 0 aromatic rings. The zero-order valence-electron chi connectivity index (χ0n) is 8.75. The zero-order chi connectivity index (χ0) is 10.3. The molecule has 1 unspecified atom stereocenters. The molecular formula is C11H21NO. The highest BCUT2D eigenvalue weighted by atomic mass is 16.1. The fraction of sp³-hybridized carbons (Fsp3) is 0.727. The molecule has 0 radical (unpaired) electrons. The summed E-state index contributed by atoms with van der Waals surface area (Å²) >= 11 is 0. The summed E-state index contributed by atoms with van der Waals surface area (Å²) in [5, 5.41) is 0. The van der Waals surface area contributed by atoms with Crippen molar-refractivity contribution in [1.82, 2.24) is 0 Å². The lowest BCUT2D eigenvalue weighted by Crippen LogP contribution is -2.31. The molecule has 0 heterocycles. The maximum atomic E-state index is 11.5. The monoisotopic (exact) mass is 183 g/mol. The molecule has 0 aliphatic carbocycles. The Morgan fingerprint density at radius 1 is 1.46 bits per heavy atom. The van der Waals surface area contributed by atoms with E-state index in [-0.39, 0.29) is 11.8 Å². The molecule has 2 heteroatoms. The van der Waals surface area contributed by atoms with Gasteiger partial charge in [0.05, 0.1) is 6.04 Å². The number of rotatable bonds is 7. The van der Waals surface area contributed by atoms with Crippen LogP contribution in [0.4, 0.5) is 0 Å². The highest BCUT2D eigenvalue weighted by Crippen LogP contribution is 2.14. The third-order valence-corrected chi connectivity index (χ3v) is 2.48. The number of hydrogen-bond acceptors (Lipinski definition) is 2. The minimum Gasteiger partial charge on any atom is -0.321 e. The predicted octanol–water partition coefficient (Wildman–Crippen LogP) is 2.29. The normalized spacial score (nSPS) is 12.9. The highest BCUT2D eigenvalue weighted by Gasteiger charge is 2.15. The number of ketones is 1. The molecule has 1 atom stereocenters. The SMILES string of the molecule is C=CCC(N)C(=O)CC(CC)CC. The van der Waals surface area contributed by atoms with E-state index in [0.717, 1.165) is 12.8 Å². The van der Waals surface area contributed by atoms with Crippen molar-refractivity contribution in [2.45, 2.75) is 45.6 Å². The smallest absolute Gasteiger partial charge is 0.150 e. The average molecular weight is 183 g/mol. The van der Waals surface area contributed by atoms with Crippen LogP contribution in [0.25, 0.3) is 0 Å². The maximum absolute atomic E-state index is 11.5. The second-order valence-electron chi connectivity index (χ2n) is 3.48. The number of nitrogens with two attached hydrogens (primary N) is 1. The van der Waals surface area contributed by atoms with Gasteiger partial charge in [-0.3, -0.25) is 4.79 Å². The molecular weight excluding hydrogens is 162 g/mol. The van der Waals surface area contributed by atoms with E-state index in [1.165, 1.54) is 0 Å². The lowest BCUT2D eigenvalue weighted by Gasteiger charge is -2.14. The lowest BCUT2D eigenvalue weighted by molar-refractivity contribution is -0.121. The van der Waals surface area contributed by atoms with Crippen molar-refractivity contribution in [2.24, 2.45) is 11.7 Å². The summed E-state index contributed by atoms with van der Waals surface area (Å²) < 4.78 is 0. The molecule has 13 heavy (non-hydrogen) atoms. The standard InChI is InChI=1S/C11H21NO/c1-4-7-10(12)11(13)8-9(5-2)6-3/h4,9-10H,1,5-8,12H2,2-3H3. The van der Waals surface area contributed by atoms with Gasteiger partial charge < -0.3 is 5.73 Å². The van der Waals surface area contributed by atoms with E-state index in [4.69, 9.17) is 5.73 Å². The van der Waals surface area contributed by atoms with Gasteiger partial charge in [-0.1, -0.05) is 32.8 Å². The number of carbonyl (C=O) groups is 1. The average Bonchev–Trinajstić information content (AvgIpc) is 2.14. The second-order valence-corrected chi connectivity index (χ2v) is 3.48. The Kier molecular flexibility index (Phi) is 6.51. The van der Waals surface area contributed by atoms with E-state index >= 15 is 0 Å². The fourth-order valence-corrected chi connectivity index (χ4v) is 1.32. The highest BCUT2D eigenvalue weighted by molar-refractivity contribution is 5.84. The van der Waals surface area contributed by atoms with E-state index < -0.39 is 0 Å². The van der Waals surface area contributed by atoms with Crippen LogP contribution < -0.4 is 5.73 Å². The molecule has 0 saturated heterocycles. The topological polar surface area (TPSA) is 43.1 Å². The molecule has 0 aliphatic heterocycles. The lowest BCUT2D eigenvalue weighted by atomic mass is 9.93. The Labute approximate surface area is 81.2 Å². The van der Waals surface area contributed by atoms with Gasteiger partial charge in [0.25, 0.3) is 0 Å². The Morgan fingerprint density at radius 2 is 2.00 bits per heavy atom. The van der Waals surface area contributed by atoms with Crippen LogP contribution in [0.15, 0.2) is 12.7 Å². The molecule has 2 N–H and O–H groups in total. The number of carbonyl (C=O) groups excluding carboxylic acids is 1. The Hall–Kier alpha value is -0.630. The van der Waals surface area contributed by atoms with Crippen LogP contribution in [-0.4, -0.2) is 11.8 Å². The van der Waals surface area contributed by atoms with Gasteiger partial charge in [-0.05, 0) is 12.3 Å². The minimum atomic E-state index is -0.335.